The van der Waals surface area contributed by atoms with Crippen molar-refractivity contribution in [1.29, 1.82) is 0 Å². The third-order valence-electron chi connectivity index (χ3n) is 5.48. The molecule has 1 aliphatic heterocycles. The number of rotatable bonds is 7. The molecule has 0 saturated carbocycles. The van der Waals surface area contributed by atoms with Crippen molar-refractivity contribution in [2.45, 2.75) is 37.6 Å². The molecule has 0 aliphatic carbocycles. The fourth-order valence-corrected chi connectivity index (χ4v) is 4.24. The third-order valence-corrected chi connectivity index (χ3v) is 5.74. The van der Waals surface area contributed by atoms with E-state index in [4.69, 9.17) is 17.3 Å². The first-order valence-electron chi connectivity index (χ1n) is 9.92. The number of carbonyl (C=O) groups excluding carboxylic acids is 1. The Bertz CT molecular complexity index is 841. The number of halogens is 1. The molecule has 0 radical (unpaired) electrons. The Morgan fingerprint density at radius 3 is 2.45 bits per heavy atom. The van der Waals surface area contributed by atoms with Gasteiger partial charge < -0.3 is 15.7 Å². The Balaban J connectivity index is 1.71. The lowest BCUT2D eigenvalue weighted by atomic mass is 9.83. The van der Waals surface area contributed by atoms with E-state index in [1.54, 1.807) is 4.90 Å². The van der Waals surface area contributed by atoms with Gasteiger partial charge in [-0.25, -0.2) is 0 Å². The molecule has 0 unspecified atom stereocenters. The van der Waals surface area contributed by atoms with Gasteiger partial charge in [0, 0.05) is 23.7 Å². The van der Waals surface area contributed by atoms with Gasteiger partial charge in [-0.2, -0.15) is 0 Å². The fourth-order valence-electron chi connectivity index (χ4n) is 4.12. The average molecular weight is 415 g/mol. The molecule has 3 rings (SSSR count). The first kappa shape index (κ1) is 21.3. The molecule has 5 nitrogen and oxygen atoms in total. The van der Waals surface area contributed by atoms with Crippen molar-refractivity contribution in [3.63, 3.8) is 0 Å². The Labute approximate surface area is 176 Å². The van der Waals surface area contributed by atoms with Crippen LogP contribution in [0.5, 0.6) is 0 Å². The maximum atomic E-state index is 13.2. The lowest BCUT2D eigenvalue weighted by Crippen LogP contribution is -2.58. The van der Waals surface area contributed by atoms with Crippen LogP contribution in [0, 0.1) is 5.92 Å². The number of hydrogen-bond donors (Lipinski definition) is 2. The van der Waals surface area contributed by atoms with Crippen LogP contribution < -0.4 is 5.73 Å². The molecule has 2 atom stereocenters. The van der Waals surface area contributed by atoms with Gasteiger partial charge in [-0.3, -0.25) is 9.59 Å². The summed E-state index contributed by atoms with van der Waals surface area (Å²) in [5.41, 5.74) is 8.19. The Morgan fingerprint density at radius 2 is 1.79 bits per heavy atom. The molecular formula is C23H27ClN2O3. The molecule has 1 fully saturated rings. The molecule has 3 N–H and O–H groups in total. The number of hydrogen-bond acceptors (Lipinski definition) is 3. The summed E-state index contributed by atoms with van der Waals surface area (Å²) in [4.78, 5) is 26.3. The molecular weight excluding hydrogens is 388 g/mol. The first-order chi connectivity index (χ1) is 13.8. The molecule has 2 aromatic rings. The first-order valence-corrected chi connectivity index (χ1v) is 10.3. The largest absolute Gasteiger partial charge is 0.481 e. The smallest absolute Gasteiger partial charge is 0.304 e. The number of aliphatic carboxylic acids is 1. The summed E-state index contributed by atoms with van der Waals surface area (Å²) in [6.07, 6.45) is 2.51. The van der Waals surface area contributed by atoms with Crippen LogP contribution in [0.15, 0.2) is 54.6 Å². The molecule has 29 heavy (non-hydrogen) atoms. The van der Waals surface area contributed by atoms with Gasteiger partial charge in [-0.15, -0.1) is 0 Å². The minimum absolute atomic E-state index is 0.123. The van der Waals surface area contributed by atoms with E-state index >= 15 is 0 Å². The molecule has 0 spiro atoms. The molecule has 1 heterocycles. The predicted octanol–water partition coefficient (Wildman–Crippen LogP) is 3.54. The van der Waals surface area contributed by atoms with Crippen molar-refractivity contribution in [3.8, 4) is 0 Å². The van der Waals surface area contributed by atoms with Gasteiger partial charge in [0.15, 0.2) is 0 Å². The summed E-state index contributed by atoms with van der Waals surface area (Å²) in [7, 11) is 0. The van der Waals surface area contributed by atoms with Crippen LogP contribution in [0.3, 0.4) is 0 Å². The second-order valence-corrected chi connectivity index (χ2v) is 8.45. The molecule has 1 aliphatic rings. The van der Waals surface area contributed by atoms with E-state index in [1.165, 1.54) is 0 Å². The van der Waals surface area contributed by atoms with Crippen LogP contribution in [-0.4, -0.2) is 40.5 Å². The van der Waals surface area contributed by atoms with E-state index in [9.17, 15) is 14.7 Å². The maximum Gasteiger partial charge on any atom is 0.304 e. The van der Waals surface area contributed by atoms with E-state index in [2.05, 4.69) is 0 Å². The lowest BCUT2D eigenvalue weighted by Gasteiger charge is -2.41. The molecule has 0 bridgehead atoms. The van der Waals surface area contributed by atoms with E-state index in [-0.39, 0.29) is 12.3 Å². The number of benzene rings is 2. The lowest BCUT2D eigenvalue weighted by molar-refractivity contribution is -0.145. The topological polar surface area (TPSA) is 83.6 Å². The highest BCUT2D eigenvalue weighted by Gasteiger charge is 2.36. The zero-order valence-corrected chi connectivity index (χ0v) is 17.1. The zero-order valence-electron chi connectivity index (χ0n) is 16.4. The fraction of sp³-hybridized carbons (Fsp3) is 0.391. The zero-order chi connectivity index (χ0) is 20.9. The molecule has 2 aromatic carbocycles. The van der Waals surface area contributed by atoms with Gasteiger partial charge in [0.05, 0.1) is 12.3 Å². The van der Waals surface area contributed by atoms with Gasteiger partial charge in [0.2, 0.25) is 5.91 Å². The quantitative estimate of drug-likeness (QED) is 0.725. The Kier molecular flexibility index (Phi) is 6.93. The molecule has 6 heteroatoms. The highest BCUT2D eigenvalue weighted by molar-refractivity contribution is 6.30. The number of carboxylic acids is 1. The van der Waals surface area contributed by atoms with Crippen LogP contribution >= 0.6 is 11.6 Å². The van der Waals surface area contributed by atoms with Crippen LogP contribution in [0.2, 0.25) is 5.02 Å². The van der Waals surface area contributed by atoms with Crippen molar-refractivity contribution in [3.05, 3.63) is 70.7 Å². The van der Waals surface area contributed by atoms with Crippen LogP contribution in [0.1, 0.15) is 30.4 Å². The molecule has 154 valence electrons. The van der Waals surface area contributed by atoms with Crippen LogP contribution in [0.4, 0.5) is 0 Å². The summed E-state index contributed by atoms with van der Waals surface area (Å²) < 4.78 is 0. The molecule has 1 saturated heterocycles. The second kappa shape index (κ2) is 9.42. The van der Waals surface area contributed by atoms with Gasteiger partial charge in [-0.05, 0) is 48.9 Å². The summed E-state index contributed by atoms with van der Waals surface area (Å²) >= 11 is 5.96. The van der Waals surface area contributed by atoms with E-state index < -0.39 is 17.4 Å². The second-order valence-electron chi connectivity index (χ2n) is 8.01. The monoisotopic (exact) mass is 414 g/mol. The standard InChI is InChI=1S/C23H27ClN2O3/c24-20-9-7-18(8-10-20)15-23(25)11-4-12-26(16-23)22(29)19(14-21(27)28)13-17-5-2-1-3-6-17/h1-3,5-10,19H,4,11-16,25H2,(H,27,28)/t19-,23-/m1/s1. The van der Waals surface area contributed by atoms with Crippen LogP contribution in [0.25, 0.3) is 0 Å². The van der Waals surface area contributed by atoms with E-state index in [0.29, 0.717) is 31.0 Å². The van der Waals surface area contributed by atoms with Crippen molar-refractivity contribution in [2.24, 2.45) is 11.7 Å². The number of carbonyl (C=O) groups is 2. The summed E-state index contributed by atoms with van der Waals surface area (Å²) in [5, 5.41) is 10.0. The van der Waals surface area contributed by atoms with Crippen molar-refractivity contribution >= 4 is 23.5 Å². The summed E-state index contributed by atoms with van der Waals surface area (Å²) in [5.74, 6) is -1.67. The van der Waals surface area contributed by atoms with E-state index in [1.807, 2.05) is 54.6 Å². The summed E-state index contributed by atoms with van der Waals surface area (Å²) in [6.45, 7) is 1.04. The van der Waals surface area contributed by atoms with Crippen LogP contribution in [-0.2, 0) is 22.4 Å². The SMILES string of the molecule is N[C@@]1(Cc2ccc(Cl)cc2)CCCN(C(=O)[C@@H](CC(=O)O)Cc2ccccc2)C1. The number of likely N-dealkylation sites (tertiary alicyclic amines) is 1. The molecule has 0 aromatic heterocycles. The average Bonchev–Trinajstić information content (AvgIpc) is 2.69. The number of nitrogens with two attached hydrogens (primary N) is 1. The Hall–Kier alpha value is -2.37. The maximum absolute atomic E-state index is 13.2. The van der Waals surface area contributed by atoms with Gasteiger partial charge in [0.25, 0.3) is 0 Å². The highest BCUT2D eigenvalue weighted by atomic mass is 35.5. The van der Waals surface area contributed by atoms with E-state index in [0.717, 1.165) is 24.0 Å². The minimum Gasteiger partial charge on any atom is -0.481 e. The third kappa shape index (κ3) is 6.05. The number of carboxylic acid groups (broad SMARTS) is 1. The number of amides is 1. The van der Waals surface area contributed by atoms with Gasteiger partial charge in [0.1, 0.15) is 0 Å². The van der Waals surface area contributed by atoms with Crippen molar-refractivity contribution in [2.75, 3.05) is 13.1 Å². The Morgan fingerprint density at radius 1 is 1.10 bits per heavy atom. The van der Waals surface area contributed by atoms with Gasteiger partial charge >= 0.3 is 5.97 Å². The predicted molar refractivity (Wildman–Crippen MR) is 114 cm³/mol. The number of nitrogens with zero attached hydrogens (tertiary/aromatic N) is 1. The normalized spacial score (nSPS) is 20.3. The highest BCUT2D eigenvalue weighted by Crippen LogP contribution is 2.26. The van der Waals surface area contributed by atoms with Crippen molar-refractivity contribution in [1.82, 2.24) is 4.90 Å². The van der Waals surface area contributed by atoms with Gasteiger partial charge in [-0.1, -0.05) is 54.1 Å². The number of piperidine rings is 1. The van der Waals surface area contributed by atoms with Crippen molar-refractivity contribution < 1.29 is 14.7 Å². The summed E-state index contributed by atoms with van der Waals surface area (Å²) in [6, 6.07) is 17.1. The minimum atomic E-state index is -0.962. The molecule has 1 amide bonds.